The van der Waals surface area contributed by atoms with E-state index in [4.69, 9.17) is 0 Å². The quantitative estimate of drug-likeness (QED) is 0.875. The van der Waals surface area contributed by atoms with Crippen LogP contribution in [0, 0.1) is 5.92 Å². The molecule has 1 unspecified atom stereocenters. The van der Waals surface area contributed by atoms with Crippen LogP contribution in [0.3, 0.4) is 0 Å². The first-order valence-corrected chi connectivity index (χ1v) is 7.01. The van der Waals surface area contributed by atoms with Crippen molar-refractivity contribution in [3.8, 4) is 0 Å². The summed E-state index contributed by atoms with van der Waals surface area (Å²) in [5.74, 6) is 0.853. The van der Waals surface area contributed by atoms with Crippen LogP contribution < -0.4 is 5.32 Å². The highest BCUT2D eigenvalue weighted by molar-refractivity contribution is 5.74. The van der Waals surface area contributed by atoms with Gasteiger partial charge in [-0.3, -0.25) is 0 Å². The van der Waals surface area contributed by atoms with Crippen LogP contribution in [0.25, 0.3) is 11.0 Å². The van der Waals surface area contributed by atoms with Gasteiger partial charge >= 0.3 is 0 Å². The number of benzene rings is 1. The fourth-order valence-corrected chi connectivity index (χ4v) is 2.85. The highest BCUT2D eigenvalue weighted by atomic mass is 15.1. The van der Waals surface area contributed by atoms with E-state index in [1.807, 2.05) is 12.4 Å². The van der Waals surface area contributed by atoms with Gasteiger partial charge in [-0.1, -0.05) is 25.5 Å². The van der Waals surface area contributed by atoms with Crippen molar-refractivity contribution in [3.63, 3.8) is 0 Å². The van der Waals surface area contributed by atoms with E-state index in [1.165, 1.54) is 24.8 Å². The van der Waals surface area contributed by atoms with E-state index in [1.54, 1.807) is 0 Å². The molecule has 3 nitrogen and oxygen atoms in total. The number of imidazole rings is 1. The SMILES string of the molecule is CCNC(Cn1cnc2ccccc21)C1CCC1. The van der Waals surface area contributed by atoms with Crippen LogP contribution in [0.1, 0.15) is 26.2 Å². The standard InChI is InChI=1S/C15H21N3/c1-2-16-14(12-6-5-7-12)10-18-11-17-13-8-3-4-9-15(13)18/h3-4,8-9,11-12,14,16H,2,5-7,10H2,1H3. The first-order chi connectivity index (χ1) is 8.88. The van der Waals surface area contributed by atoms with Crippen molar-refractivity contribution in [1.29, 1.82) is 0 Å². The van der Waals surface area contributed by atoms with E-state index < -0.39 is 0 Å². The molecule has 1 fully saturated rings. The van der Waals surface area contributed by atoms with Gasteiger partial charge in [-0.15, -0.1) is 0 Å². The van der Waals surface area contributed by atoms with Crippen molar-refractivity contribution in [1.82, 2.24) is 14.9 Å². The molecule has 1 aliphatic carbocycles. The number of aromatic nitrogens is 2. The molecule has 1 saturated carbocycles. The number of para-hydroxylation sites is 2. The van der Waals surface area contributed by atoms with E-state index in [9.17, 15) is 0 Å². The molecule has 0 spiro atoms. The molecule has 0 amide bonds. The Hall–Kier alpha value is -1.35. The van der Waals surface area contributed by atoms with E-state index in [0.29, 0.717) is 6.04 Å². The first kappa shape index (κ1) is 11.7. The van der Waals surface area contributed by atoms with E-state index in [0.717, 1.165) is 24.5 Å². The van der Waals surface area contributed by atoms with E-state index >= 15 is 0 Å². The molecule has 1 heterocycles. The van der Waals surface area contributed by atoms with Gasteiger partial charge in [0.2, 0.25) is 0 Å². The summed E-state index contributed by atoms with van der Waals surface area (Å²) in [7, 11) is 0. The molecule has 0 aliphatic heterocycles. The lowest BCUT2D eigenvalue weighted by molar-refractivity contribution is 0.214. The number of nitrogens with zero attached hydrogens (tertiary/aromatic N) is 2. The van der Waals surface area contributed by atoms with Gasteiger partial charge in [0.25, 0.3) is 0 Å². The van der Waals surface area contributed by atoms with Crippen LogP contribution in [-0.4, -0.2) is 22.1 Å². The second-order valence-corrected chi connectivity index (χ2v) is 5.24. The summed E-state index contributed by atoms with van der Waals surface area (Å²) in [6.07, 6.45) is 6.14. The maximum Gasteiger partial charge on any atom is 0.0958 e. The number of hydrogen-bond acceptors (Lipinski definition) is 2. The molecule has 3 rings (SSSR count). The van der Waals surface area contributed by atoms with Crippen LogP contribution in [0.5, 0.6) is 0 Å². The predicted molar refractivity (Wildman–Crippen MR) is 74.5 cm³/mol. The number of hydrogen-bond donors (Lipinski definition) is 1. The number of fused-ring (bicyclic) bond motifs is 1. The van der Waals surface area contributed by atoms with Gasteiger partial charge in [-0.05, 0) is 37.4 Å². The predicted octanol–water partition coefficient (Wildman–Crippen LogP) is 2.81. The molecule has 96 valence electrons. The fourth-order valence-electron chi connectivity index (χ4n) is 2.85. The molecule has 1 aromatic heterocycles. The second kappa shape index (κ2) is 5.11. The fraction of sp³-hybridized carbons (Fsp3) is 0.533. The summed E-state index contributed by atoms with van der Waals surface area (Å²) in [4.78, 5) is 4.47. The van der Waals surface area contributed by atoms with Crippen molar-refractivity contribution < 1.29 is 0 Å². The largest absolute Gasteiger partial charge is 0.329 e. The Bertz CT molecular complexity index is 513. The van der Waals surface area contributed by atoms with Crippen LogP contribution >= 0.6 is 0 Å². The van der Waals surface area contributed by atoms with Gasteiger partial charge in [-0.2, -0.15) is 0 Å². The highest BCUT2D eigenvalue weighted by Gasteiger charge is 2.27. The third-order valence-electron chi connectivity index (χ3n) is 4.11. The summed E-state index contributed by atoms with van der Waals surface area (Å²) < 4.78 is 2.29. The third-order valence-corrected chi connectivity index (χ3v) is 4.11. The first-order valence-electron chi connectivity index (χ1n) is 7.01. The maximum absolute atomic E-state index is 4.47. The molecule has 1 aromatic carbocycles. The van der Waals surface area contributed by atoms with Crippen LogP contribution in [0.15, 0.2) is 30.6 Å². The average Bonchev–Trinajstić information content (AvgIpc) is 2.71. The Morgan fingerprint density at radius 2 is 2.22 bits per heavy atom. The van der Waals surface area contributed by atoms with Crippen LogP contribution in [0.4, 0.5) is 0 Å². The zero-order chi connectivity index (χ0) is 12.4. The van der Waals surface area contributed by atoms with Crippen LogP contribution in [-0.2, 0) is 6.54 Å². The van der Waals surface area contributed by atoms with Gasteiger partial charge in [0, 0.05) is 12.6 Å². The Labute approximate surface area is 108 Å². The Kier molecular flexibility index (Phi) is 3.33. The summed E-state index contributed by atoms with van der Waals surface area (Å²) in [5.41, 5.74) is 2.35. The molecular formula is C15H21N3. The molecule has 2 aromatic rings. The summed E-state index contributed by atoms with van der Waals surface area (Å²) in [6, 6.07) is 8.98. The van der Waals surface area contributed by atoms with Gasteiger partial charge in [0.15, 0.2) is 0 Å². The van der Waals surface area contributed by atoms with Crippen molar-refractivity contribution in [2.45, 2.75) is 38.8 Å². The number of rotatable bonds is 5. The minimum absolute atomic E-state index is 0.598. The van der Waals surface area contributed by atoms with Crippen molar-refractivity contribution in [3.05, 3.63) is 30.6 Å². The Morgan fingerprint density at radius 3 is 2.94 bits per heavy atom. The third kappa shape index (κ3) is 2.15. The highest BCUT2D eigenvalue weighted by Crippen LogP contribution is 2.30. The minimum atomic E-state index is 0.598. The molecule has 0 bridgehead atoms. The molecule has 18 heavy (non-hydrogen) atoms. The monoisotopic (exact) mass is 243 g/mol. The maximum atomic E-state index is 4.47. The van der Waals surface area contributed by atoms with Crippen LogP contribution in [0.2, 0.25) is 0 Å². The van der Waals surface area contributed by atoms with Gasteiger partial charge in [0.1, 0.15) is 0 Å². The normalized spacial score (nSPS) is 17.8. The van der Waals surface area contributed by atoms with E-state index in [-0.39, 0.29) is 0 Å². The summed E-state index contributed by atoms with van der Waals surface area (Å²) >= 11 is 0. The number of nitrogens with one attached hydrogen (secondary N) is 1. The molecule has 3 heteroatoms. The van der Waals surface area contributed by atoms with Gasteiger partial charge < -0.3 is 9.88 Å². The van der Waals surface area contributed by atoms with Crippen molar-refractivity contribution in [2.75, 3.05) is 6.54 Å². The Balaban J connectivity index is 1.80. The topological polar surface area (TPSA) is 29.9 Å². The lowest BCUT2D eigenvalue weighted by Crippen LogP contribution is -2.42. The Morgan fingerprint density at radius 1 is 1.39 bits per heavy atom. The molecular weight excluding hydrogens is 222 g/mol. The summed E-state index contributed by atoms with van der Waals surface area (Å²) in [5, 5.41) is 3.64. The number of likely N-dealkylation sites (N-methyl/N-ethyl adjacent to an activating group) is 1. The minimum Gasteiger partial charge on any atom is -0.329 e. The van der Waals surface area contributed by atoms with E-state index in [2.05, 4.69) is 40.0 Å². The summed E-state index contributed by atoms with van der Waals surface area (Å²) in [6.45, 7) is 4.28. The molecule has 1 aliphatic rings. The van der Waals surface area contributed by atoms with Gasteiger partial charge in [-0.25, -0.2) is 4.98 Å². The zero-order valence-corrected chi connectivity index (χ0v) is 11.0. The van der Waals surface area contributed by atoms with Crippen molar-refractivity contribution in [2.24, 2.45) is 5.92 Å². The molecule has 0 saturated heterocycles. The lowest BCUT2D eigenvalue weighted by Gasteiger charge is -2.34. The average molecular weight is 243 g/mol. The lowest BCUT2D eigenvalue weighted by atomic mass is 9.79. The second-order valence-electron chi connectivity index (χ2n) is 5.24. The smallest absolute Gasteiger partial charge is 0.0958 e. The molecule has 0 radical (unpaired) electrons. The zero-order valence-electron chi connectivity index (χ0n) is 11.0. The molecule has 1 N–H and O–H groups in total. The van der Waals surface area contributed by atoms with Gasteiger partial charge in [0.05, 0.1) is 17.4 Å². The van der Waals surface area contributed by atoms with Crippen molar-refractivity contribution >= 4 is 11.0 Å². The molecule has 1 atom stereocenters.